The lowest BCUT2D eigenvalue weighted by Gasteiger charge is -2.13. The van der Waals surface area contributed by atoms with E-state index in [0.29, 0.717) is 22.0 Å². The Morgan fingerprint density at radius 3 is 2.52 bits per heavy atom. The highest BCUT2D eigenvalue weighted by Gasteiger charge is 2.12. The van der Waals surface area contributed by atoms with Crippen LogP contribution in [0, 0.1) is 20.8 Å². The molecule has 5 nitrogen and oxygen atoms in total. The largest absolute Gasteiger partial charge is 0.483 e. The third kappa shape index (κ3) is 4.73. The molecule has 6 heteroatoms. The average Bonchev–Trinajstić information content (AvgIpc) is 2.58. The molecule has 132 valence electrons. The molecule has 0 heterocycles. The zero-order valence-corrected chi connectivity index (χ0v) is 15.4. The number of carbonyl (C=O) groups excluding carboxylic acids is 2. The number of carbonyl (C=O) groups is 2. The SMILES string of the molecule is COC(=O)c1ccc(Cl)c(NC(=O)COc2cc(C)cc(C)c2C)c1. The van der Waals surface area contributed by atoms with E-state index >= 15 is 0 Å². The van der Waals surface area contributed by atoms with Crippen LogP contribution >= 0.6 is 11.6 Å². The summed E-state index contributed by atoms with van der Waals surface area (Å²) in [5, 5.41) is 2.97. The summed E-state index contributed by atoms with van der Waals surface area (Å²) in [6.45, 7) is 5.74. The molecule has 2 rings (SSSR count). The molecule has 0 aliphatic carbocycles. The van der Waals surface area contributed by atoms with Crippen molar-refractivity contribution in [2.75, 3.05) is 19.0 Å². The quantitative estimate of drug-likeness (QED) is 0.815. The van der Waals surface area contributed by atoms with Gasteiger partial charge in [-0.1, -0.05) is 17.7 Å². The van der Waals surface area contributed by atoms with Gasteiger partial charge in [0.2, 0.25) is 0 Å². The van der Waals surface area contributed by atoms with Crippen molar-refractivity contribution in [3.8, 4) is 5.75 Å². The smallest absolute Gasteiger partial charge is 0.337 e. The van der Waals surface area contributed by atoms with Gasteiger partial charge in [-0.2, -0.15) is 0 Å². The van der Waals surface area contributed by atoms with Gasteiger partial charge in [0, 0.05) is 0 Å². The Labute approximate surface area is 151 Å². The van der Waals surface area contributed by atoms with E-state index in [1.165, 1.54) is 25.3 Å². The number of benzene rings is 2. The van der Waals surface area contributed by atoms with Crippen molar-refractivity contribution in [3.63, 3.8) is 0 Å². The second-order valence-corrected chi connectivity index (χ2v) is 6.14. The van der Waals surface area contributed by atoms with E-state index in [9.17, 15) is 9.59 Å². The predicted octanol–water partition coefficient (Wildman–Crippen LogP) is 4.07. The molecule has 0 saturated carbocycles. The fourth-order valence-corrected chi connectivity index (χ4v) is 2.51. The van der Waals surface area contributed by atoms with Crippen LogP contribution in [0.5, 0.6) is 5.75 Å². The minimum absolute atomic E-state index is 0.164. The van der Waals surface area contributed by atoms with Gasteiger partial charge in [0.1, 0.15) is 5.75 Å². The minimum Gasteiger partial charge on any atom is -0.483 e. The van der Waals surface area contributed by atoms with Crippen molar-refractivity contribution >= 4 is 29.2 Å². The molecular weight excluding hydrogens is 342 g/mol. The van der Waals surface area contributed by atoms with Crippen LogP contribution in [0.1, 0.15) is 27.0 Å². The van der Waals surface area contributed by atoms with Crippen molar-refractivity contribution in [1.29, 1.82) is 0 Å². The summed E-state index contributed by atoms with van der Waals surface area (Å²) in [6, 6.07) is 8.46. The first-order valence-electron chi connectivity index (χ1n) is 7.70. The highest BCUT2D eigenvalue weighted by molar-refractivity contribution is 6.33. The molecule has 1 amide bonds. The predicted molar refractivity (Wildman–Crippen MR) is 97.6 cm³/mol. The number of ether oxygens (including phenoxy) is 2. The maximum atomic E-state index is 12.2. The van der Waals surface area contributed by atoms with Crippen LogP contribution in [0.3, 0.4) is 0 Å². The fraction of sp³-hybridized carbons (Fsp3) is 0.263. The summed E-state index contributed by atoms with van der Waals surface area (Å²) < 4.78 is 10.3. The summed E-state index contributed by atoms with van der Waals surface area (Å²) in [7, 11) is 1.29. The van der Waals surface area contributed by atoms with Gasteiger partial charge in [0.15, 0.2) is 6.61 Å². The molecule has 0 aliphatic rings. The molecule has 0 fully saturated rings. The van der Waals surface area contributed by atoms with E-state index in [-0.39, 0.29) is 12.5 Å². The number of rotatable bonds is 5. The lowest BCUT2D eigenvalue weighted by atomic mass is 10.1. The summed E-state index contributed by atoms with van der Waals surface area (Å²) in [5.74, 6) is -0.209. The van der Waals surface area contributed by atoms with E-state index in [2.05, 4.69) is 16.1 Å². The van der Waals surface area contributed by atoms with Gasteiger partial charge in [0.05, 0.1) is 23.4 Å². The molecule has 25 heavy (non-hydrogen) atoms. The maximum Gasteiger partial charge on any atom is 0.337 e. The van der Waals surface area contributed by atoms with Crippen LogP contribution in [0.15, 0.2) is 30.3 Å². The summed E-state index contributed by atoms with van der Waals surface area (Å²) in [5.41, 5.74) is 3.78. The number of halogens is 1. The monoisotopic (exact) mass is 361 g/mol. The minimum atomic E-state index is -0.505. The van der Waals surface area contributed by atoms with E-state index in [1.807, 2.05) is 26.8 Å². The number of aryl methyl sites for hydroxylation is 2. The third-order valence-electron chi connectivity index (χ3n) is 3.78. The highest BCUT2D eigenvalue weighted by atomic mass is 35.5. The molecule has 2 aromatic carbocycles. The fourth-order valence-electron chi connectivity index (χ4n) is 2.35. The summed E-state index contributed by atoms with van der Waals surface area (Å²) in [4.78, 5) is 23.7. The van der Waals surface area contributed by atoms with E-state index in [1.54, 1.807) is 0 Å². The average molecular weight is 362 g/mol. The number of nitrogens with one attached hydrogen (secondary N) is 1. The van der Waals surface area contributed by atoms with E-state index < -0.39 is 5.97 Å². The van der Waals surface area contributed by atoms with Gasteiger partial charge in [-0.15, -0.1) is 0 Å². The van der Waals surface area contributed by atoms with Crippen molar-refractivity contribution in [2.24, 2.45) is 0 Å². The van der Waals surface area contributed by atoms with Gasteiger partial charge in [0.25, 0.3) is 5.91 Å². The van der Waals surface area contributed by atoms with Crippen LogP contribution < -0.4 is 10.1 Å². The van der Waals surface area contributed by atoms with Crippen molar-refractivity contribution in [2.45, 2.75) is 20.8 Å². The Bertz CT molecular complexity index is 817. The van der Waals surface area contributed by atoms with Crippen LogP contribution in [-0.2, 0) is 9.53 Å². The van der Waals surface area contributed by atoms with Gasteiger partial charge in [-0.25, -0.2) is 4.79 Å². The second-order valence-electron chi connectivity index (χ2n) is 5.73. The number of anilines is 1. The number of amides is 1. The standard InChI is InChI=1S/C19H20ClNO4/c1-11-7-12(2)13(3)17(8-11)25-10-18(22)21-16-9-14(19(23)24-4)5-6-15(16)20/h5-9H,10H2,1-4H3,(H,21,22). The first-order valence-corrected chi connectivity index (χ1v) is 8.08. The highest BCUT2D eigenvalue weighted by Crippen LogP contribution is 2.25. The van der Waals surface area contributed by atoms with Gasteiger partial charge in [-0.3, -0.25) is 4.79 Å². The lowest BCUT2D eigenvalue weighted by molar-refractivity contribution is -0.118. The van der Waals surface area contributed by atoms with Crippen LogP contribution in [0.25, 0.3) is 0 Å². The van der Waals surface area contributed by atoms with Gasteiger partial charge < -0.3 is 14.8 Å². The number of esters is 1. The Kier molecular flexibility index (Phi) is 6.04. The Balaban J connectivity index is 2.07. The first-order chi connectivity index (χ1) is 11.8. The summed E-state index contributed by atoms with van der Waals surface area (Å²) in [6.07, 6.45) is 0. The zero-order chi connectivity index (χ0) is 18.6. The van der Waals surface area contributed by atoms with Crippen molar-refractivity contribution < 1.29 is 19.1 Å². The van der Waals surface area contributed by atoms with Gasteiger partial charge in [-0.05, 0) is 61.7 Å². The maximum absolute atomic E-state index is 12.2. The number of hydrogen-bond acceptors (Lipinski definition) is 4. The first kappa shape index (κ1) is 18.8. The topological polar surface area (TPSA) is 64.6 Å². The number of hydrogen-bond donors (Lipinski definition) is 1. The molecule has 1 N–H and O–H groups in total. The molecule has 0 radical (unpaired) electrons. The van der Waals surface area contributed by atoms with Crippen molar-refractivity contribution in [3.05, 3.63) is 57.6 Å². The molecule has 0 unspecified atom stereocenters. The van der Waals surface area contributed by atoms with E-state index in [4.69, 9.17) is 16.3 Å². The van der Waals surface area contributed by atoms with Crippen LogP contribution in [-0.4, -0.2) is 25.6 Å². The normalized spacial score (nSPS) is 10.3. The molecule has 0 aromatic heterocycles. The third-order valence-corrected chi connectivity index (χ3v) is 4.11. The second kappa shape index (κ2) is 8.03. The zero-order valence-electron chi connectivity index (χ0n) is 14.6. The van der Waals surface area contributed by atoms with Crippen LogP contribution in [0.4, 0.5) is 5.69 Å². The molecule has 0 saturated heterocycles. The Morgan fingerprint density at radius 2 is 1.84 bits per heavy atom. The molecule has 2 aromatic rings. The van der Waals surface area contributed by atoms with Crippen LogP contribution in [0.2, 0.25) is 5.02 Å². The van der Waals surface area contributed by atoms with Gasteiger partial charge >= 0.3 is 5.97 Å². The molecule has 0 spiro atoms. The molecule has 0 atom stereocenters. The lowest BCUT2D eigenvalue weighted by Crippen LogP contribution is -2.21. The molecule has 0 bridgehead atoms. The van der Waals surface area contributed by atoms with E-state index in [0.717, 1.165) is 16.7 Å². The summed E-state index contributed by atoms with van der Waals surface area (Å²) >= 11 is 6.06. The molecule has 0 aliphatic heterocycles. The molecular formula is C19H20ClNO4. The Hall–Kier alpha value is -2.53. The Morgan fingerprint density at radius 1 is 1.12 bits per heavy atom. The van der Waals surface area contributed by atoms with Crippen molar-refractivity contribution in [1.82, 2.24) is 0 Å². The number of methoxy groups -OCH3 is 1.